The Morgan fingerprint density at radius 1 is 1.35 bits per heavy atom. The number of hydrogen-bond donors (Lipinski definition) is 2. The van der Waals surface area contributed by atoms with Gasteiger partial charge in [0.05, 0.1) is 0 Å². The largest absolute Gasteiger partial charge is 0.482 e. The molecule has 1 aliphatic rings. The Morgan fingerprint density at radius 3 is 2.81 bits per heavy atom. The second-order valence-electron chi connectivity index (χ2n) is 6.72. The van der Waals surface area contributed by atoms with E-state index < -0.39 is 5.97 Å². The molecule has 0 radical (unpaired) electrons. The molecule has 0 spiro atoms. The summed E-state index contributed by atoms with van der Waals surface area (Å²) in [4.78, 5) is 17.7. The highest BCUT2D eigenvalue weighted by atomic mass is 16.5. The normalized spacial score (nSPS) is 17.2. The lowest BCUT2D eigenvalue weighted by atomic mass is 10.0. The van der Waals surface area contributed by atoms with Crippen molar-refractivity contribution in [2.75, 3.05) is 32.1 Å². The Bertz CT molecular complexity index is 761. The SMILES string of the molecule is CNc1cc(C)nc([C@@H]2CCN(Cc3ccc(OCC(=O)O)cc3)C2)c1. The van der Waals surface area contributed by atoms with Crippen LogP contribution in [0.1, 0.15) is 29.3 Å². The van der Waals surface area contributed by atoms with Crippen LogP contribution in [0.15, 0.2) is 36.4 Å². The van der Waals surface area contributed by atoms with Crippen molar-refractivity contribution < 1.29 is 14.6 Å². The van der Waals surface area contributed by atoms with Gasteiger partial charge in [0, 0.05) is 43.1 Å². The van der Waals surface area contributed by atoms with E-state index >= 15 is 0 Å². The molecule has 1 saturated heterocycles. The van der Waals surface area contributed by atoms with E-state index in [4.69, 9.17) is 14.8 Å². The summed E-state index contributed by atoms with van der Waals surface area (Å²) in [6, 6.07) is 11.9. The van der Waals surface area contributed by atoms with Gasteiger partial charge >= 0.3 is 5.97 Å². The highest BCUT2D eigenvalue weighted by molar-refractivity contribution is 5.68. The number of aryl methyl sites for hydroxylation is 1. The van der Waals surface area contributed by atoms with Crippen molar-refractivity contribution in [2.45, 2.75) is 25.8 Å². The van der Waals surface area contributed by atoms with Crippen molar-refractivity contribution >= 4 is 11.7 Å². The van der Waals surface area contributed by atoms with Gasteiger partial charge in [0.25, 0.3) is 0 Å². The molecule has 0 aliphatic carbocycles. The molecule has 1 atom stereocenters. The van der Waals surface area contributed by atoms with Gasteiger partial charge in [0.2, 0.25) is 0 Å². The Balaban J connectivity index is 1.57. The van der Waals surface area contributed by atoms with E-state index in [0.717, 1.165) is 43.1 Å². The zero-order valence-electron chi connectivity index (χ0n) is 15.2. The molecular weight excluding hydrogens is 330 g/mol. The van der Waals surface area contributed by atoms with Crippen molar-refractivity contribution in [1.29, 1.82) is 0 Å². The van der Waals surface area contributed by atoms with Crippen LogP contribution in [-0.2, 0) is 11.3 Å². The van der Waals surface area contributed by atoms with Gasteiger partial charge in [-0.1, -0.05) is 12.1 Å². The summed E-state index contributed by atoms with van der Waals surface area (Å²) in [6.07, 6.45) is 1.11. The number of rotatable bonds is 7. The molecule has 0 amide bonds. The number of benzene rings is 1. The summed E-state index contributed by atoms with van der Waals surface area (Å²) in [6.45, 7) is 4.64. The van der Waals surface area contributed by atoms with Crippen molar-refractivity contribution in [3.8, 4) is 5.75 Å². The third-order valence-corrected chi connectivity index (χ3v) is 4.64. The topological polar surface area (TPSA) is 74.7 Å². The van der Waals surface area contributed by atoms with Crippen LogP contribution in [-0.4, -0.2) is 47.7 Å². The maximum atomic E-state index is 10.5. The summed E-state index contributed by atoms with van der Waals surface area (Å²) >= 11 is 0. The molecule has 1 aromatic carbocycles. The van der Waals surface area contributed by atoms with Gasteiger partial charge in [0.15, 0.2) is 6.61 Å². The number of aromatic nitrogens is 1. The molecule has 0 unspecified atom stereocenters. The van der Waals surface area contributed by atoms with Crippen LogP contribution in [0, 0.1) is 6.92 Å². The molecule has 3 rings (SSSR count). The smallest absolute Gasteiger partial charge is 0.341 e. The summed E-state index contributed by atoms with van der Waals surface area (Å²) < 4.78 is 5.17. The summed E-state index contributed by atoms with van der Waals surface area (Å²) in [7, 11) is 1.93. The number of likely N-dealkylation sites (tertiary alicyclic amines) is 1. The molecule has 0 bridgehead atoms. The monoisotopic (exact) mass is 355 g/mol. The molecule has 138 valence electrons. The van der Waals surface area contributed by atoms with Crippen LogP contribution in [0.3, 0.4) is 0 Å². The van der Waals surface area contributed by atoms with Gasteiger partial charge in [-0.2, -0.15) is 0 Å². The van der Waals surface area contributed by atoms with E-state index in [1.165, 1.54) is 5.56 Å². The van der Waals surface area contributed by atoms with Gasteiger partial charge in [-0.25, -0.2) is 4.79 Å². The average Bonchev–Trinajstić information content (AvgIpc) is 3.09. The lowest BCUT2D eigenvalue weighted by Crippen LogP contribution is -2.20. The predicted octanol–water partition coefficient (Wildman–Crippen LogP) is 2.88. The molecule has 1 aromatic heterocycles. The van der Waals surface area contributed by atoms with Crippen LogP contribution in [0.4, 0.5) is 5.69 Å². The summed E-state index contributed by atoms with van der Waals surface area (Å²) in [5.41, 5.74) is 4.51. The van der Waals surface area contributed by atoms with Crippen LogP contribution in [0.25, 0.3) is 0 Å². The number of nitrogens with one attached hydrogen (secondary N) is 1. The standard InChI is InChI=1S/C20H25N3O3/c1-14-9-17(21-2)10-19(22-14)16-7-8-23(12-16)11-15-3-5-18(6-4-15)26-13-20(24)25/h3-6,9-10,16H,7-8,11-13H2,1-2H3,(H,21,22)(H,24,25)/t16-/m1/s1. The molecule has 0 saturated carbocycles. The number of carbonyl (C=O) groups is 1. The Hall–Kier alpha value is -2.60. The number of anilines is 1. The second-order valence-corrected chi connectivity index (χ2v) is 6.72. The second kappa shape index (κ2) is 8.19. The quantitative estimate of drug-likeness (QED) is 0.795. The maximum absolute atomic E-state index is 10.5. The minimum absolute atomic E-state index is 0.314. The average molecular weight is 355 g/mol. The van der Waals surface area contributed by atoms with Crippen LogP contribution in [0.2, 0.25) is 0 Å². The fourth-order valence-corrected chi connectivity index (χ4v) is 3.36. The predicted molar refractivity (Wildman–Crippen MR) is 101 cm³/mol. The van der Waals surface area contributed by atoms with Gasteiger partial charge in [-0.3, -0.25) is 9.88 Å². The first kappa shape index (κ1) is 18.2. The fraction of sp³-hybridized carbons (Fsp3) is 0.400. The lowest BCUT2D eigenvalue weighted by molar-refractivity contribution is -0.139. The Kier molecular flexibility index (Phi) is 5.73. The molecule has 6 nitrogen and oxygen atoms in total. The van der Waals surface area contributed by atoms with E-state index in [1.807, 2.05) is 38.2 Å². The first-order chi connectivity index (χ1) is 12.5. The number of aliphatic carboxylic acids is 1. The van der Waals surface area contributed by atoms with Crippen LogP contribution < -0.4 is 10.1 Å². The zero-order chi connectivity index (χ0) is 18.5. The van der Waals surface area contributed by atoms with E-state index in [-0.39, 0.29) is 6.61 Å². The van der Waals surface area contributed by atoms with Crippen LogP contribution >= 0.6 is 0 Å². The molecule has 1 fully saturated rings. The minimum Gasteiger partial charge on any atom is -0.482 e. The molecule has 6 heteroatoms. The van der Waals surface area contributed by atoms with Gasteiger partial charge < -0.3 is 15.2 Å². The number of nitrogens with zero attached hydrogens (tertiary/aromatic N) is 2. The highest BCUT2D eigenvalue weighted by Gasteiger charge is 2.25. The van der Waals surface area contributed by atoms with Crippen molar-refractivity contribution in [2.24, 2.45) is 0 Å². The van der Waals surface area contributed by atoms with E-state index in [9.17, 15) is 4.79 Å². The Morgan fingerprint density at radius 2 is 2.12 bits per heavy atom. The van der Waals surface area contributed by atoms with Gasteiger partial charge in [-0.05, 0) is 49.7 Å². The fourth-order valence-electron chi connectivity index (χ4n) is 3.36. The van der Waals surface area contributed by atoms with Crippen LogP contribution in [0.5, 0.6) is 5.75 Å². The number of hydrogen-bond acceptors (Lipinski definition) is 5. The number of carboxylic acids is 1. The van der Waals surface area contributed by atoms with Gasteiger partial charge in [0.1, 0.15) is 5.75 Å². The molecular formula is C20H25N3O3. The molecule has 26 heavy (non-hydrogen) atoms. The van der Waals surface area contributed by atoms with Crippen molar-refractivity contribution in [3.05, 3.63) is 53.3 Å². The lowest BCUT2D eigenvalue weighted by Gasteiger charge is -2.17. The summed E-state index contributed by atoms with van der Waals surface area (Å²) in [5.74, 6) is 0.0718. The number of carboxylic acid groups (broad SMARTS) is 1. The summed E-state index contributed by atoms with van der Waals surface area (Å²) in [5, 5.41) is 11.9. The van der Waals surface area contributed by atoms with Crippen molar-refractivity contribution in [3.63, 3.8) is 0 Å². The van der Waals surface area contributed by atoms with E-state index in [2.05, 4.69) is 22.3 Å². The zero-order valence-corrected chi connectivity index (χ0v) is 15.2. The Labute approximate surface area is 153 Å². The van der Waals surface area contributed by atoms with Crippen molar-refractivity contribution in [1.82, 2.24) is 9.88 Å². The van der Waals surface area contributed by atoms with Gasteiger partial charge in [-0.15, -0.1) is 0 Å². The molecule has 2 N–H and O–H groups in total. The minimum atomic E-state index is -0.969. The van der Waals surface area contributed by atoms with E-state index in [1.54, 1.807) is 0 Å². The third kappa shape index (κ3) is 4.73. The molecule has 2 heterocycles. The maximum Gasteiger partial charge on any atom is 0.341 e. The highest BCUT2D eigenvalue weighted by Crippen LogP contribution is 2.29. The first-order valence-electron chi connectivity index (χ1n) is 8.85. The number of ether oxygens (including phenoxy) is 1. The molecule has 2 aromatic rings. The third-order valence-electron chi connectivity index (χ3n) is 4.64. The number of pyridine rings is 1. The molecule has 1 aliphatic heterocycles. The first-order valence-corrected chi connectivity index (χ1v) is 8.85. The van der Waals surface area contributed by atoms with E-state index in [0.29, 0.717) is 11.7 Å².